The van der Waals surface area contributed by atoms with E-state index in [0.717, 1.165) is 11.4 Å². The largest absolute Gasteiger partial charge is 0.278 e. The van der Waals surface area contributed by atoms with E-state index in [2.05, 4.69) is 48.6 Å². The zero-order chi connectivity index (χ0) is 12.3. The van der Waals surface area contributed by atoms with Crippen molar-refractivity contribution < 1.29 is 0 Å². The van der Waals surface area contributed by atoms with Gasteiger partial charge < -0.3 is 0 Å². The van der Waals surface area contributed by atoms with Crippen molar-refractivity contribution in [2.75, 3.05) is 5.43 Å². The summed E-state index contributed by atoms with van der Waals surface area (Å²) in [6, 6.07) is 12.4. The van der Waals surface area contributed by atoms with Gasteiger partial charge in [-0.05, 0) is 50.6 Å². The Bertz CT molecular complexity index is 541. The molecule has 1 heterocycles. The Balaban J connectivity index is 2.10. The molecule has 0 bridgehead atoms. The Hall–Kier alpha value is -1.61. The van der Waals surface area contributed by atoms with E-state index in [1.54, 1.807) is 11.3 Å². The van der Waals surface area contributed by atoms with Gasteiger partial charge in [0.15, 0.2) is 0 Å². The van der Waals surface area contributed by atoms with E-state index < -0.39 is 0 Å². The van der Waals surface area contributed by atoms with E-state index in [0.29, 0.717) is 0 Å². The summed E-state index contributed by atoms with van der Waals surface area (Å²) in [5, 5.41) is 4.40. The zero-order valence-corrected chi connectivity index (χ0v) is 11.1. The second-order valence-corrected chi connectivity index (χ2v) is 5.38. The maximum atomic E-state index is 4.40. The lowest BCUT2D eigenvalue weighted by atomic mass is 10.2. The second-order valence-electron chi connectivity index (χ2n) is 4.09. The molecule has 0 aliphatic rings. The molecule has 0 fully saturated rings. The third-order valence-corrected chi connectivity index (χ3v) is 3.58. The quantitative estimate of drug-likeness (QED) is 0.635. The lowest BCUT2D eigenvalue weighted by molar-refractivity contribution is 1.31. The standard InChI is InChI=1S/C14H16N2S/c1-10-5-4-6-13(9-10)16-15-12(3)14-8-7-11(2)17-14/h4-9,16H,1-3H3/b15-12-. The minimum absolute atomic E-state index is 1.02. The van der Waals surface area contributed by atoms with E-state index in [1.807, 2.05) is 19.1 Å². The van der Waals surface area contributed by atoms with Crippen molar-refractivity contribution in [2.24, 2.45) is 5.10 Å². The summed E-state index contributed by atoms with van der Waals surface area (Å²) in [4.78, 5) is 2.52. The van der Waals surface area contributed by atoms with Crippen molar-refractivity contribution in [2.45, 2.75) is 20.8 Å². The number of anilines is 1. The van der Waals surface area contributed by atoms with Crippen LogP contribution in [0.1, 0.15) is 22.2 Å². The molecular formula is C14H16N2S. The van der Waals surface area contributed by atoms with E-state index in [-0.39, 0.29) is 0 Å². The molecule has 0 saturated carbocycles. The smallest absolute Gasteiger partial charge is 0.0748 e. The fourth-order valence-electron chi connectivity index (χ4n) is 1.55. The third kappa shape index (κ3) is 3.17. The molecule has 88 valence electrons. The number of hydrogen-bond acceptors (Lipinski definition) is 3. The molecule has 2 rings (SSSR count). The van der Waals surface area contributed by atoms with Crippen molar-refractivity contribution in [1.82, 2.24) is 0 Å². The summed E-state index contributed by atoms with van der Waals surface area (Å²) in [5.74, 6) is 0. The van der Waals surface area contributed by atoms with Gasteiger partial charge in [0, 0.05) is 4.88 Å². The van der Waals surface area contributed by atoms with Crippen molar-refractivity contribution in [1.29, 1.82) is 0 Å². The molecule has 1 aromatic heterocycles. The van der Waals surface area contributed by atoms with Crippen LogP contribution in [0.25, 0.3) is 0 Å². The van der Waals surface area contributed by atoms with Gasteiger partial charge in [-0.2, -0.15) is 5.10 Å². The Morgan fingerprint density at radius 2 is 2.00 bits per heavy atom. The molecule has 0 radical (unpaired) electrons. The highest BCUT2D eigenvalue weighted by atomic mass is 32.1. The maximum absolute atomic E-state index is 4.40. The molecule has 1 aromatic carbocycles. The molecule has 3 heteroatoms. The predicted molar refractivity (Wildman–Crippen MR) is 76.1 cm³/mol. The predicted octanol–water partition coefficient (Wildman–Crippen LogP) is 4.20. The first-order valence-electron chi connectivity index (χ1n) is 5.59. The number of nitrogens with one attached hydrogen (secondary N) is 1. The monoisotopic (exact) mass is 244 g/mol. The summed E-state index contributed by atoms with van der Waals surface area (Å²) < 4.78 is 0. The van der Waals surface area contributed by atoms with Gasteiger partial charge in [0.1, 0.15) is 0 Å². The number of aryl methyl sites for hydroxylation is 2. The van der Waals surface area contributed by atoms with Crippen LogP contribution < -0.4 is 5.43 Å². The van der Waals surface area contributed by atoms with Crippen molar-refractivity contribution in [3.63, 3.8) is 0 Å². The van der Waals surface area contributed by atoms with Crippen LogP contribution in [0.3, 0.4) is 0 Å². The molecule has 0 aliphatic heterocycles. The molecule has 0 spiro atoms. The molecule has 0 aliphatic carbocycles. The van der Waals surface area contributed by atoms with Crippen molar-refractivity contribution >= 4 is 22.7 Å². The molecule has 1 N–H and O–H groups in total. The van der Waals surface area contributed by atoms with Crippen LogP contribution in [-0.4, -0.2) is 5.71 Å². The van der Waals surface area contributed by atoms with Gasteiger partial charge in [-0.25, -0.2) is 0 Å². The SMILES string of the molecule is C/C(=N/Nc1cccc(C)c1)c1ccc(C)s1. The summed E-state index contributed by atoms with van der Waals surface area (Å²) in [6.45, 7) is 6.20. The van der Waals surface area contributed by atoms with Gasteiger partial charge in [-0.1, -0.05) is 12.1 Å². The summed E-state index contributed by atoms with van der Waals surface area (Å²) in [6.07, 6.45) is 0. The average Bonchev–Trinajstić information content (AvgIpc) is 2.73. The topological polar surface area (TPSA) is 24.4 Å². The average molecular weight is 244 g/mol. The molecule has 0 unspecified atom stereocenters. The summed E-state index contributed by atoms with van der Waals surface area (Å²) in [7, 11) is 0. The first-order chi connectivity index (χ1) is 8.15. The van der Waals surface area contributed by atoms with Crippen molar-refractivity contribution in [3.05, 3.63) is 51.7 Å². The van der Waals surface area contributed by atoms with E-state index in [4.69, 9.17) is 0 Å². The highest BCUT2D eigenvalue weighted by Crippen LogP contribution is 2.16. The minimum atomic E-state index is 1.02. The van der Waals surface area contributed by atoms with Crippen LogP contribution >= 0.6 is 11.3 Å². The van der Waals surface area contributed by atoms with Gasteiger partial charge in [0.25, 0.3) is 0 Å². The van der Waals surface area contributed by atoms with Gasteiger partial charge in [0.05, 0.1) is 16.3 Å². The van der Waals surface area contributed by atoms with Gasteiger partial charge in [-0.3, -0.25) is 5.43 Å². The highest BCUT2D eigenvalue weighted by Gasteiger charge is 2.00. The van der Waals surface area contributed by atoms with Crippen LogP contribution in [0.15, 0.2) is 41.5 Å². The van der Waals surface area contributed by atoms with Crippen LogP contribution in [-0.2, 0) is 0 Å². The van der Waals surface area contributed by atoms with Crippen LogP contribution in [0.4, 0.5) is 5.69 Å². The number of nitrogens with zero attached hydrogens (tertiary/aromatic N) is 1. The normalized spacial score (nSPS) is 11.6. The molecular weight excluding hydrogens is 228 g/mol. The van der Waals surface area contributed by atoms with E-state index >= 15 is 0 Å². The third-order valence-electron chi connectivity index (χ3n) is 2.47. The first kappa shape index (κ1) is 11.9. The van der Waals surface area contributed by atoms with Crippen LogP contribution in [0.5, 0.6) is 0 Å². The highest BCUT2D eigenvalue weighted by molar-refractivity contribution is 7.14. The lowest BCUT2D eigenvalue weighted by Gasteiger charge is -2.02. The second kappa shape index (κ2) is 5.15. The van der Waals surface area contributed by atoms with Gasteiger partial charge in [0.2, 0.25) is 0 Å². The van der Waals surface area contributed by atoms with E-state index in [9.17, 15) is 0 Å². The molecule has 17 heavy (non-hydrogen) atoms. The molecule has 0 amide bonds. The fourth-order valence-corrected chi connectivity index (χ4v) is 2.36. The summed E-state index contributed by atoms with van der Waals surface area (Å²) >= 11 is 1.76. The number of rotatable bonds is 3. The zero-order valence-electron chi connectivity index (χ0n) is 10.3. The van der Waals surface area contributed by atoms with Crippen LogP contribution in [0, 0.1) is 13.8 Å². The number of thiophene rings is 1. The molecule has 0 atom stereocenters. The Labute approximate surface area is 106 Å². The number of hydrogen-bond donors (Lipinski definition) is 1. The minimum Gasteiger partial charge on any atom is -0.278 e. The Morgan fingerprint density at radius 1 is 1.18 bits per heavy atom. The number of benzene rings is 1. The number of hydrazone groups is 1. The molecule has 0 saturated heterocycles. The Kier molecular flexibility index (Phi) is 3.59. The van der Waals surface area contributed by atoms with Gasteiger partial charge in [-0.15, -0.1) is 11.3 Å². The van der Waals surface area contributed by atoms with E-state index in [1.165, 1.54) is 15.3 Å². The lowest BCUT2D eigenvalue weighted by Crippen LogP contribution is -1.97. The summed E-state index contributed by atoms with van der Waals surface area (Å²) in [5.41, 5.74) is 6.36. The molecule has 2 nitrogen and oxygen atoms in total. The maximum Gasteiger partial charge on any atom is 0.0748 e. The Morgan fingerprint density at radius 3 is 2.65 bits per heavy atom. The van der Waals surface area contributed by atoms with Gasteiger partial charge >= 0.3 is 0 Å². The van der Waals surface area contributed by atoms with Crippen molar-refractivity contribution in [3.8, 4) is 0 Å². The fraction of sp³-hybridized carbons (Fsp3) is 0.214. The first-order valence-corrected chi connectivity index (χ1v) is 6.40. The van der Waals surface area contributed by atoms with Crippen LogP contribution in [0.2, 0.25) is 0 Å². The molecule has 2 aromatic rings.